The first-order chi connectivity index (χ1) is 15.2. The zero-order valence-corrected chi connectivity index (χ0v) is 20.0. The molecular formula is C24H34O8. The second-order valence-corrected chi connectivity index (χ2v) is 7.87. The van der Waals surface area contributed by atoms with Crippen molar-refractivity contribution in [1.29, 1.82) is 0 Å². The van der Waals surface area contributed by atoms with Gasteiger partial charge in [0.25, 0.3) is 0 Å². The van der Waals surface area contributed by atoms with Crippen molar-refractivity contribution in [3.8, 4) is 17.2 Å². The van der Waals surface area contributed by atoms with Crippen molar-refractivity contribution in [3.63, 3.8) is 0 Å². The largest absolute Gasteiger partial charge is 0.493 e. The van der Waals surface area contributed by atoms with E-state index in [1.54, 1.807) is 26.0 Å². The van der Waals surface area contributed by atoms with E-state index in [0.29, 0.717) is 34.8 Å². The van der Waals surface area contributed by atoms with Crippen LogP contribution in [0.1, 0.15) is 45.8 Å². The van der Waals surface area contributed by atoms with Crippen LogP contribution in [0.25, 0.3) is 0 Å². The Morgan fingerprint density at radius 3 is 1.88 bits per heavy atom. The SMILES string of the molecule is C=C1C(CC(C)C)OC(c2cc(OC)c(OC)c(OC)c2)C1(C(=O)OCC)C(=O)OCC. The second kappa shape index (κ2) is 10.7. The Hall–Kier alpha value is -2.74. The number of rotatable bonds is 10. The Balaban J connectivity index is 2.79. The van der Waals surface area contributed by atoms with Gasteiger partial charge in [-0.05, 0) is 49.5 Å². The molecule has 32 heavy (non-hydrogen) atoms. The summed E-state index contributed by atoms with van der Waals surface area (Å²) < 4.78 is 33.4. The van der Waals surface area contributed by atoms with E-state index in [0.717, 1.165) is 0 Å². The number of benzene rings is 1. The van der Waals surface area contributed by atoms with Gasteiger partial charge in [0.15, 0.2) is 11.5 Å². The molecule has 1 saturated heterocycles. The molecule has 0 amide bonds. The lowest BCUT2D eigenvalue weighted by atomic mass is 9.73. The van der Waals surface area contributed by atoms with Gasteiger partial charge in [0.05, 0.1) is 40.6 Å². The van der Waals surface area contributed by atoms with Gasteiger partial charge in [0, 0.05) is 0 Å². The van der Waals surface area contributed by atoms with Crippen LogP contribution in [0.2, 0.25) is 0 Å². The van der Waals surface area contributed by atoms with Crippen LogP contribution in [0, 0.1) is 11.3 Å². The molecule has 0 N–H and O–H groups in total. The molecule has 0 radical (unpaired) electrons. The highest BCUT2D eigenvalue weighted by Gasteiger charge is 2.65. The number of hydrogen-bond donors (Lipinski definition) is 0. The summed E-state index contributed by atoms with van der Waals surface area (Å²) in [6, 6.07) is 3.31. The molecule has 0 saturated carbocycles. The number of ether oxygens (including phenoxy) is 6. The summed E-state index contributed by atoms with van der Waals surface area (Å²) in [4.78, 5) is 26.8. The minimum absolute atomic E-state index is 0.0874. The molecule has 1 aromatic rings. The summed E-state index contributed by atoms with van der Waals surface area (Å²) >= 11 is 0. The molecule has 0 spiro atoms. The molecular weight excluding hydrogens is 416 g/mol. The first kappa shape index (κ1) is 25.5. The highest BCUT2D eigenvalue weighted by Crippen LogP contribution is 2.55. The van der Waals surface area contributed by atoms with Crippen LogP contribution in [0.3, 0.4) is 0 Å². The number of carbonyl (C=O) groups is 2. The number of hydrogen-bond acceptors (Lipinski definition) is 8. The predicted molar refractivity (Wildman–Crippen MR) is 118 cm³/mol. The number of esters is 2. The monoisotopic (exact) mass is 450 g/mol. The third-order valence-electron chi connectivity index (χ3n) is 5.46. The van der Waals surface area contributed by atoms with E-state index in [-0.39, 0.29) is 19.1 Å². The smallest absolute Gasteiger partial charge is 0.330 e. The van der Waals surface area contributed by atoms with Gasteiger partial charge in [0.1, 0.15) is 6.10 Å². The first-order valence-corrected chi connectivity index (χ1v) is 10.7. The van der Waals surface area contributed by atoms with Crippen LogP contribution in [0.4, 0.5) is 0 Å². The van der Waals surface area contributed by atoms with E-state index in [4.69, 9.17) is 28.4 Å². The van der Waals surface area contributed by atoms with Crippen molar-refractivity contribution in [2.45, 2.75) is 46.3 Å². The van der Waals surface area contributed by atoms with Crippen LogP contribution in [0.15, 0.2) is 24.3 Å². The van der Waals surface area contributed by atoms with Crippen LogP contribution in [0.5, 0.6) is 17.2 Å². The minimum atomic E-state index is -1.86. The molecule has 8 nitrogen and oxygen atoms in total. The van der Waals surface area contributed by atoms with E-state index in [1.165, 1.54) is 21.3 Å². The molecule has 1 aliphatic heterocycles. The highest BCUT2D eigenvalue weighted by molar-refractivity contribution is 6.05. The summed E-state index contributed by atoms with van der Waals surface area (Å²) in [5.41, 5.74) is -1.06. The first-order valence-electron chi connectivity index (χ1n) is 10.7. The zero-order valence-electron chi connectivity index (χ0n) is 20.0. The summed E-state index contributed by atoms with van der Waals surface area (Å²) in [7, 11) is 4.47. The average Bonchev–Trinajstić information content (AvgIpc) is 3.05. The van der Waals surface area contributed by atoms with Crippen molar-refractivity contribution in [1.82, 2.24) is 0 Å². The molecule has 1 aromatic carbocycles. The molecule has 2 atom stereocenters. The molecule has 178 valence electrons. The summed E-state index contributed by atoms with van der Waals surface area (Å²) in [6.45, 7) is 11.7. The van der Waals surface area contributed by atoms with E-state index in [2.05, 4.69) is 6.58 Å². The van der Waals surface area contributed by atoms with Gasteiger partial charge in [-0.3, -0.25) is 9.59 Å². The van der Waals surface area contributed by atoms with Crippen molar-refractivity contribution < 1.29 is 38.0 Å². The van der Waals surface area contributed by atoms with Gasteiger partial charge in [-0.2, -0.15) is 0 Å². The Bertz CT molecular complexity index is 801. The number of methoxy groups -OCH3 is 3. The van der Waals surface area contributed by atoms with Crippen LogP contribution >= 0.6 is 0 Å². The molecule has 8 heteroatoms. The third kappa shape index (κ3) is 4.41. The standard InChI is InChI=1S/C24H34O8/c1-9-30-22(25)24(23(26)31-10-2)15(5)17(11-14(3)4)32-21(24)16-12-18(27-6)20(29-8)19(13-16)28-7/h12-14,17,21H,5,9-11H2,1-4,6-8H3. The van der Waals surface area contributed by atoms with Gasteiger partial charge in [0.2, 0.25) is 11.2 Å². The van der Waals surface area contributed by atoms with Crippen molar-refractivity contribution in [2.75, 3.05) is 34.5 Å². The maximum absolute atomic E-state index is 13.4. The molecule has 1 heterocycles. The van der Waals surface area contributed by atoms with Crippen LogP contribution in [-0.4, -0.2) is 52.6 Å². The maximum atomic E-state index is 13.4. The predicted octanol–water partition coefficient (Wildman–Crippen LogP) is 3.87. The lowest BCUT2D eigenvalue weighted by molar-refractivity contribution is -0.174. The number of carbonyl (C=O) groups excluding carboxylic acids is 2. The van der Waals surface area contributed by atoms with E-state index in [1.807, 2.05) is 13.8 Å². The van der Waals surface area contributed by atoms with Crippen LogP contribution < -0.4 is 14.2 Å². The fourth-order valence-electron chi connectivity index (χ4n) is 4.03. The second-order valence-electron chi connectivity index (χ2n) is 7.87. The Labute approximate surface area is 189 Å². The quantitative estimate of drug-likeness (QED) is 0.302. The summed E-state index contributed by atoms with van der Waals surface area (Å²) in [5, 5.41) is 0. The van der Waals surface area contributed by atoms with Gasteiger partial charge < -0.3 is 28.4 Å². The fraction of sp³-hybridized carbons (Fsp3) is 0.583. The van der Waals surface area contributed by atoms with Gasteiger partial charge in [-0.15, -0.1) is 0 Å². The van der Waals surface area contributed by atoms with E-state index < -0.39 is 29.6 Å². The lowest BCUT2D eigenvalue weighted by Crippen LogP contribution is -2.45. The van der Waals surface area contributed by atoms with Crippen molar-refractivity contribution >= 4 is 11.9 Å². The van der Waals surface area contributed by atoms with Crippen molar-refractivity contribution in [2.24, 2.45) is 11.3 Å². The Morgan fingerprint density at radius 1 is 1.00 bits per heavy atom. The summed E-state index contributed by atoms with van der Waals surface area (Å²) in [5.74, 6) is -0.165. The van der Waals surface area contributed by atoms with Gasteiger partial charge >= 0.3 is 11.9 Å². The molecule has 0 aromatic heterocycles. The molecule has 1 fully saturated rings. The Kier molecular flexibility index (Phi) is 8.55. The maximum Gasteiger partial charge on any atom is 0.330 e. The lowest BCUT2D eigenvalue weighted by Gasteiger charge is -2.30. The average molecular weight is 451 g/mol. The molecule has 0 bridgehead atoms. The highest BCUT2D eigenvalue weighted by atomic mass is 16.6. The molecule has 2 unspecified atom stereocenters. The minimum Gasteiger partial charge on any atom is -0.493 e. The zero-order chi connectivity index (χ0) is 24.1. The molecule has 1 aliphatic rings. The van der Waals surface area contributed by atoms with E-state index in [9.17, 15) is 9.59 Å². The van der Waals surface area contributed by atoms with E-state index >= 15 is 0 Å². The molecule has 0 aliphatic carbocycles. The van der Waals surface area contributed by atoms with Crippen molar-refractivity contribution in [3.05, 3.63) is 29.8 Å². The Morgan fingerprint density at radius 2 is 1.50 bits per heavy atom. The summed E-state index contributed by atoms with van der Waals surface area (Å²) in [6.07, 6.45) is -1.03. The fourth-order valence-corrected chi connectivity index (χ4v) is 4.03. The molecule has 2 rings (SSSR count). The normalized spacial score (nSPS) is 19.6. The van der Waals surface area contributed by atoms with Crippen LogP contribution in [-0.2, 0) is 23.8 Å². The van der Waals surface area contributed by atoms with Gasteiger partial charge in [-0.1, -0.05) is 20.4 Å². The third-order valence-corrected chi connectivity index (χ3v) is 5.46. The van der Waals surface area contributed by atoms with Gasteiger partial charge in [-0.25, -0.2) is 0 Å². The topological polar surface area (TPSA) is 89.5 Å².